The van der Waals surface area contributed by atoms with Gasteiger partial charge < -0.3 is 0 Å². The zero-order chi connectivity index (χ0) is 35.7. The monoisotopic (exact) mass is 644 g/mol. The molecule has 0 unspecified atom stereocenters. The second-order valence-corrected chi connectivity index (χ2v) is 14.4. The Kier molecular flexibility index (Phi) is 8.18. The van der Waals surface area contributed by atoms with Crippen LogP contribution in [0.4, 0.5) is 0 Å². The summed E-state index contributed by atoms with van der Waals surface area (Å²) in [5, 5.41) is 9.70. The van der Waals surface area contributed by atoms with Crippen molar-refractivity contribution in [3.05, 3.63) is 130 Å². The molecule has 0 bridgehead atoms. The summed E-state index contributed by atoms with van der Waals surface area (Å²) in [5.41, 5.74) is 15.7. The number of nitrogens with zero attached hydrogens (tertiary/aromatic N) is 2. The van der Waals surface area contributed by atoms with E-state index in [9.17, 15) is 0 Å². The van der Waals surface area contributed by atoms with Crippen LogP contribution < -0.4 is 27.1 Å². The van der Waals surface area contributed by atoms with E-state index in [1.807, 2.05) is 0 Å². The second kappa shape index (κ2) is 12.6. The molecule has 0 aliphatic rings. The molecule has 1 aromatic heterocycles. The fraction of sp³-hybridized carbons (Fsp3) is 0.0244. The van der Waals surface area contributed by atoms with Gasteiger partial charge in [0.25, 0.3) is 0 Å². The van der Waals surface area contributed by atoms with Crippen LogP contribution in [0.25, 0.3) is 77.0 Å². The molecule has 0 aliphatic heterocycles. The Bertz CT molecular complexity index is 2910. The molecule has 0 fully saturated rings. The molecule has 0 atom stereocenters. The molecule has 0 amide bonds. The molecule has 51 heavy (non-hydrogen) atoms. The van der Waals surface area contributed by atoms with Gasteiger partial charge in [0.05, 0.1) is 0 Å². The second-order valence-electron chi connectivity index (χ2n) is 14.4. The number of aromatic nitrogens is 2. The van der Waals surface area contributed by atoms with Crippen molar-refractivity contribution < 1.29 is 0 Å². The van der Waals surface area contributed by atoms with Crippen LogP contribution >= 0.6 is 0 Å². The number of rotatable bonds is 4. The van der Waals surface area contributed by atoms with E-state index in [2.05, 4.69) is 176 Å². The third-order valence-electron chi connectivity index (χ3n) is 11.6. The van der Waals surface area contributed by atoms with E-state index in [4.69, 9.17) is 12.5 Å². The molecule has 0 aliphatic carbocycles. The van der Waals surface area contributed by atoms with Gasteiger partial charge in [0.1, 0.15) is 0 Å². The normalized spacial score (nSPS) is 12.9. The number of benzene rings is 7. The summed E-state index contributed by atoms with van der Waals surface area (Å²) in [5.74, 6) is 0.939. The summed E-state index contributed by atoms with van der Waals surface area (Å²) in [6.07, 6.45) is 0. The van der Waals surface area contributed by atoms with Crippen molar-refractivity contribution in [3.8, 4) is 28.2 Å². The van der Waals surface area contributed by atoms with Crippen LogP contribution in [0.2, 0.25) is 0 Å². The number of hydrogen-bond donors (Lipinski definition) is 0. The maximum atomic E-state index is 5.52. The van der Waals surface area contributed by atoms with Gasteiger partial charge in [-0.15, -0.1) is 0 Å². The molecular formula is C41H36B8N2. The summed E-state index contributed by atoms with van der Waals surface area (Å²) in [7, 11) is 21.0. The Hall–Kier alpha value is -5.08. The van der Waals surface area contributed by atoms with Crippen molar-refractivity contribution in [1.82, 2.24) is 9.55 Å². The number of fused-ring (bicyclic) bond motifs is 5. The van der Waals surface area contributed by atoms with Gasteiger partial charge in [-0.25, -0.2) is 0 Å². The van der Waals surface area contributed by atoms with E-state index in [1.165, 1.54) is 81.7 Å². The molecule has 0 saturated heterocycles. The van der Waals surface area contributed by atoms with Gasteiger partial charge in [0.2, 0.25) is 0 Å². The van der Waals surface area contributed by atoms with Gasteiger partial charge in [-0.3, -0.25) is 0 Å². The molecule has 2 nitrogen and oxygen atoms in total. The van der Waals surface area contributed by atoms with Crippen molar-refractivity contribution in [2.75, 3.05) is 0 Å². The summed E-state index contributed by atoms with van der Waals surface area (Å²) in [4.78, 5) is 5.52. The van der Waals surface area contributed by atoms with Gasteiger partial charge in [0.15, 0.2) is 0 Å². The predicted octanol–water partition coefficient (Wildman–Crippen LogP) is -0.757. The van der Waals surface area contributed by atoms with E-state index in [0.29, 0.717) is 0 Å². The Morgan fingerprint density at radius 1 is 0.627 bits per heavy atom. The zero-order valence-electron chi connectivity index (χ0n) is 31.0. The van der Waals surface area contributed by atoms with Gasteiger partial charge >= 0.3 is 308 Å². The van der Waals surface area contributed by atoms with Crippen LogP contribution in [0.5, 0.6) is 0 Å². The molecule has 8 aromatic rings. The average molecular weight is 643 g/mol. The number of para-hydroxylation sites is 3. The molecule has 0 spiro atoms. The molecule has 234 valence electrons. The Morgan fingerprint density at radius 2 is 1.20 bits per heavy atom. The first-order valence-electron chi connectivity index (χ1n) is 17.9. The average Bonchev–Trinajstić information content (AvgIpc) is 3.54. The Labute approximate surface area is 307 Å². The molecule has 0 saturated carbocycles. The van der Waals surface area contributed by atoms with Crippen LogP contribution in [0.3, 0.4) is 0 Å². The van der Waals surface area contributed by atoms with Gasteiger partial charge in [-0.05, 0) is 0 Å². The fourth-order valence-corrected chi connectivity index (χ4v) is 8.28. The molecule has 7 aromatic carbocycles. The third-order valence-corrected chi connectivity index (χ3v) is 11.6. The van der Waals surface area contributed by atoms with Gasteiger partial charge in [-0.2, -0.15) is 0 Å². The topological polar surface area (TPSA) is 17.8 Å². The summed E-state index contributed by atoms with van der Waals surface area (Å²) in [6, 6.07) is 39.2. The summed E-state index contributed by atoms with van der Waals surface area (Å²) >= 11 is 0. The molecule has 1 heterocycles. The van der Waals surface area contributed by atoms with Crippen molar-refractivity contribution in [2.45, 2.75) is 6.92 Å². The molecule has 0 radical (unpaired) electrons. The fourth-order valence-electron chi connectivity index (χ4n) is 8.28. The van der Waals surface area contributed by atoms with Crippen molar-refractivity contribution in [2.24, 2.45) is 0 Å². The number of hydrogen-bond acceptors (Lipinski definition) is 1. The number of allylic oxidation sites excluding steroid dienone is 2. The van der Waals surface area contributed by atoms with Crippen LogP contribution in [0.15, 0.2) is 120 Å². The Morgan fingerprint density at radius 3 is 1.88 bits per heavy atom. The zero-order valence-corrected chi connectivity index (χ0v) is 31.0. The minimum atomic E-state index is 0.939. The molecule has 8 rings (SSSR count). The SMILES string of the molecule is B=c1c(-c2cc3ccccc3c3ccccc23)c2c(B)c(B)c(B)c(B)c2c(-c2nc3ccccc3n2-c2ccccc2)/c1=C(B)/C(B)=C(/B)C. The van der Waals surface area contributed by atoms with E-state index >= 15 is 0 Å². The quantitative estimate of drug-likeness (QED) is 0.183. The predicted molar refractivity (Wildman–Crippen MR) is 245 cm³/mol. The standard InChI is InChI=1S/C41H36B8N2/c1-20(42)34(43)38(47)33-32(41-50-27-17-9-10-18-28(27)51(41)22-12-3-2-4-13-22)31-30(36(45)39(48)40(49)37(31)46)29(35(33)44)26-19-21-11-5-6-14-23(21)24-15-7-8-16-25(24)26/h2-19,44H,42-43,45-49H2,1H3/b34-20-,38-33+. The van der Waals surface area contributed by atoms with Crippen LogP contribution in [-0.4, -0.2) is 72.0 Å². The molecular weight excluding hydrogens is 607 g/mol. The Balaban J connectivity index is 1.72. The molecule has 0 N–H and O–H groups in total. The minimum absolute atomic E-state index is 0.939. The van der Waals surface area contributed by atoms with Crippen molar-refractivity contribution in [3.63, 3.8) is 0 Å². The number of imidazole rings is 1. The first-order valence-corrected chi connectivity index (χ1v) is 17.9. The van der Waals surface area contributed by atoms with Gasteiger partial charge in [-0.1, -0.05) is 0 Å². The van der Waals surface area contributed by atoms with E-state index in [-0.39, 0.29) is 0 Å². The van der Waals surface area contributed by atoms with Crippen molar-refractivity contribution in [1.29, 1.82) is 0 Å². The van der Waals surface area contributed by atoms with E-state index < -0.39 is 0 Å². The van der Waals surface area contributed by atoms with Gasteiger partial charge in [0, 0.05) is 0 Å². The first-order chi connectivity index (χ1) is 24.6. The van der Waals surface area contributed by atoms with Crippen molar-refractivity contribution >= 4 is 133 Å². The third kappa shape index (κ3) is 5.06. The summed E-state index contributed by atoms with van der Waals surface area (Å²) < 4.78 is 2.35. The summed E-state index contributed by atoms with van der Waals surface area (Å²) in [6.45, 7) is 2.21. The maximum absolute atomic E-state index is 5.52. The van der Waals surface area contributed by atoms with Crippen LogP contribution in [-0.2, 0) is 0 Å². The van der Waals surface area contributed by atoms with E-state index in [1.54, 1.807) is 0 Å². The first kappa shape index (κ1) is 33.1. The van der Waals surface area contributed by atoms with E-state index in [0.717, 1.165) is 38.4 Å². The molecule has 10 heteroatoms. The van der Waals surface area contributed by atoms with Crippen LogP contribution in [0.1, 0.15) is 6.92 Å². The van der Waals surface area contributed by atoms with Crippen LogP contribution in [0, 0.1) is 5.11 Å².